The molecular formula is C31H53NO5. The van der Waals surface area contributed by atoms with Crippen LogP contribution in [0.25, 0.3) is 0 Å². The molecule has 1 unspecified atom stereocenters. The summed E-state index contributed by atoms with van der Waals surface area (Å²) in [6.45, 7) is 4.72. The highest BCUT2D eigenvalue weighted by molar-refractivity contribution is 5.89. The summed E-state index contributed by atoms with van der Waals surface area (Å²) < 4.78 is 10.9. The van der Waals surface area contributed by atoms with Crippen LogP contribution in [-0.2, 0) is 23.9 Å². The first-order valence-corrected chi connectivity index (χ1v) is 15.0. The number of ether oxygens (including phenoxy) is 2. The number of amides is 1. The fraction of sp³-hybridized carbons (Fsp3) is 0.774. The molecule has 0 saturated carbocycles. The van der Waals surface area contributed by atoms with Crippen molar-refractivity contribution in [2.75, 3.05) is 6.61 Å². The van der Waals surface area contributed by atoms with E-state index >= 15 is 0 Å². The second-order valence-electron chi connectivity index (χ2n) is 10.2. The lowest BCUT2D eigenvalue weighted by Crippen LogP contribution is -2.39. The monoisotopic (exact) mass is 519 g/mol. The second kappa shape index (κ2) is 23.0. The Morgan fingerprint density at radius 1 is 0.838 bits per heavy atom. The molecule has 1 saturated heterocycles. The highest BCUT2D eigenvalue weighted by atomic mass is 16.6. The minimum Gasteiger partial charge on any atom is -0.463 e. The standard InChI is InChI=1S/C31H53NO5/c1-3-5-7-9-10-11-12-13-14-15-16-17-18-19-20-22-26-36-31(35)28(23-21-8-6-4-2)37-30(34)27-24-25-29(33)32-27/h10-11,13-14,27-28H,3-9,12,15-26H2,1-2H3,(H,32,33)/b11-10-,14-13-/t27-,28?/m0/s1. The Balaban J connectivity index is 2.12. The van der Waals surface area contributed by atoms with Crippen molar-refractivity contribution in [1.82, 2.24) is 5.32 Å². The van der Waals surface area contributed by atoms with Crippen molar-refractivity contribution in [3.05, 3.63) is 24.3 Å². The molecule has 0 bridgehead atoms. The predicted octanol–water partition coefficient (Wildman–Crippen LogP) is 7.50. The predicted molar refractivity (Wildman–Crippen MR) is 150 cm³/mol. The van der Waals surface area contributed by atoms with Crippen LogP contribution in [0.5, 0.6) is 0 Å². The average molecular weight is 520 g/mol. The molecule has 0 aliphatic carbocycles. The van der Waals surface area contributed by atoms with Crippen molar-refractivity contribution < 1.29 is 23.9 Å². The number of carbonyl (C=O) groups is 3. The zero-order chi connectivity index (χ0) is 27.0. The second-order valence-corrected chi connectivity index (χ2v) is 10.2. The molecule has 0 aromatic carbocycles. The van der Waals surface area contributed by atoms with Gasteiger partial charge in [-0.15, -0.1) is 0 Å². The number of hydrogen-bond acceptors (Lipinski definition) is 5. The average Bonchev–Trinajstić information content (AvgIpc) is 3.33. The Hall–Kier alpha value is -2.11. The van der Waals surface area contributed by atoms with Crippen LogP contribution in [-0.4, -0.2) is 36.6 Å². The number of nitrogens with one attached hydrogen (secondary N) is 1. The molecule has 1 aliphatic rings. The number of rotatable bonds is 23. The summed E-state index contributed by atoms with van der Waals surface area (Å²) >= 11 is 0. The molecule has 1 fully saturated rings. The number of allylic oxidation sites excluding steroid dienone is 4. The molecule has 37 heavy (non-hydrogen) atoms. The molecule has 2 atom stereocenters. The topological polar surface area (TPSA) is 81.7 Å². The molecule has 0 radical (unpaired) electrons. The van der Waals surface area contributed by atoms with Crippen LogP contribution in [0.15, 0.2) is 24.3 Å². The van der Waals surface area contributed by atoms with Crippen molar-refractivity contribution in [3.63, 3.8) is 0 Å². The van der Waals surface area contributed by atoms with Crippen LogP contribution >= 0.6 is 0 Å². The first-order chi connectivity index (χ1) is 18.1. The molecule has 212 valence electrons. The van der Waals surface area contributed by atoms with Gasteiger partial charge < -0.3 is 14.8 Å². The normalized spacial score (nSPS) is 16.4. The third kappa shape index (κ3) is 17.9. The number of hydrogen-bond donors (Lipinski definition) is 1. The van der Waals surface area contributed by atoms with Crippen LogP contribution in [0.2, 0.25) is 0 Å². The zero-order valence-corrected chi connectivity index (χ0v) is 23.6. The highest BCUT2D eigenvalue weighted by Crippen LogP contribution is 2.15. The quantitative estimate of drug-likeness (QED) is 0.0858. The van der Waals surface area contributed by atoms with Crippen LogP contribution in [0.4, 0.5) is 0 Å². The third-order valence-electron chi connectivity index (χ3n) is 6.71. The molecule has 6 heteroatoms. The van der Waals surface area contributed by atoms with Crippen molar-refractivity contribution in [2.45, 2.75) is 148 Å². The Kier molecular flexibility index (Phi) is 20.5. The van der Waals surface area contributed by atoms with E-state index in [2.05, 4.69) is 43.5 Å². The van der Waals surface area contributed by atoms with Crippen molar-refractivity contribution in [1.29, 1.82) is 0 Å². The molecule has 0 aromatic rings. The van der Waals surface area contributed by atoms with E-state index in [9.17, 15) is 14.4 Å². The maximum Gasteiger partial charge on any atom is 0.347 e. The van der Waals surface area contributed by atoms with E-state index in [0.29, 0.717) is 25.9 Å². The van der Waals surface area contributed by atoms with Crippen molar-refractivity contribution >= 4 is 17.8 Å². The van der Waals surface area contributed by atoms with Gasteiger partial charge in [0.2, 0.25) is 5.91 Å². The number of unbranched alkanes of at least 4 members (excludes halogenated alkanes) is 12. The van der Waals surface area contributed by atoms with Gasteiger partial charge in [0.25, 0.3) is 0 Å². The summed E-state index contributed by atoms with van der Waals surface area (Å²) in [5, 5.41) is 2.61. The van der Waals surface area contributed by atoms with Crippen molar-refractivity contribution in [2.24, 2.45) is 0 Å². The molecule has 0 spiro atoms. The van der Waals surface area contributed by atoms with Gasteiger partial charge in [-0.25, -0.2) is 9.59 Å². The first-order valence-electron chi connectivity index (χ1n) is 15.0. The van der Waals surface area contributed by atoms with E-state index in [1.54, 1.807) is 0 Å². The maximum atomic E-state index is 12.6. The SMILES string of the molecule is CCCCC/C=C\C/C=C\CCCCCCCCOC(=O)C(CCCCCC)OC(=O)[C@@H]1CCC(=O)N1. The lowest BCUT2D eigenvalue weighted by Gasteiger charge is -2.19. The van der Waals surface area contributed by atoms with E-state index in [0.717, 1.165) is 57.8 Å². The molecule has 1 amide bonds. The van der Waals surface area contributed by atoms with E-state index in [1.165, 1.54) is 44.9 Å². The van der Waals surface area contributed by atoms with Gasteiger partial charge in [0.15, 0.2) is 6.10 Å². The third-order valence-corrected chi connectivity index (χ3v) is 6.71. The lowest BCUT2D eigenvalue weighted by molar-refractivity contribution is -0.169. The van der Waals surface area contributed by atoms with Gasteiger partial charge in [-0.2, -0.15) is 0 Å². The lowest BCUT2D eigenvalue weighted by atomic mass is 10.1. The van der Waals surface area contributed by atoms with Gasteiger partial charge in [0.05, 0.1) is 6.61 Å². The Morgan fingerprint density at radius 3 is 2.08 bits per heavy atom. The van der Waals surface area contributed by atoms with Crippen LogP contribution in [0.1, 0.15) is 136 Å². The number of carbonyl (C=O) groups excluding carboxylic acids is 3. The van der Waals surface area contributed by atoms with E-state index in [1.807, 2.05) is 0 Å². The summed E-state index contributed by atoms with van der Waals surface area (Å²) in [4.78, 5) is 36.4. The van der Waals surface area contributed by atoms with Gasteiger partial charge in [-0.05, 0) is 57.8 Å². The zero-order valence-electron chi connectivity index (χ0n) is 23.6. The largest absolute Gasteiger partial charge is 0.463 e. The van der Waals surface area contributed by atoms with Gasteiger partial charge in [-0.3, -0.25) is 4.79 Å². The van der Waals surface area contributed by atoms with Gasteiger partial charge in [0.1, 0.15) is 6.04 Å². The van der Waals surface area contributed by atoms with Gasteiger partial charge in [-0.1, -0.05) is 95.9 Å². The van der Waals surface area contributed by atoms with Crippen molar-refractivity contribution in [3.8, 4) is 0 Å². The molecular weight excluding hydrogens is 466 g/mol. The Morgan fingerprint density at radius 2 is 1.43 bits per heavy atom. The Labute approximate surface area is 226 Å². The Bertz CT molecular complexity index is 673. The molecule has 1 N–H and O–H groups in total. The smallest absolute Gasteiger partial charge is 0.347 e. The van der Waals surface area contributed by atoms with E-state index in [4.69, 9.17) is 9.47 Å². The van der Waals surface area contributed by atoms with Crippen LogP contribution < -0.4 is 5.32 Å². The maximum absolute atomic E-state index is 12.6. The van der Waals surface area contributed by atoms with E-state index in [-0.39, 0.29) is 5.91 Å². The summed E-state index contributed by atoms with van der Waals surface area (Å²) in [6.07, 6.45) is 27.4. The minimum absolute atomic E-state index is 0.151. The van der Waals surface area contributed by atoms with E-state index < -0.39 is 24.1 Å². The van der Waals surface area contributed by atoms with Gasteiger partial charge in [0, 0.05) is 6.42 Å². The number of esters is 2. The minimum atomic E-state index is -0.883. The first kappa shape index (κ1) is 32.9. The fourth-order valence-corrected chi connectivity index (χ4v) is 4.35. The highest BCUT2D eigenvalue weighted by Gasteiger charge is 2.32. The summed E-state index contributed by atoms with van der Waals surface area (Å²) in [7, 11) is 0. The fourth-order valence-electron chi connectivity index (χ4n) is 4.35. The molecule has 0 aromatic heterocycles. The van der Waals surface area contributed by atoms with Crippen LogP contribution in [0.3, 0.4) is 0 Å². The molecule has 1 heterocycles. The molecule has 1 aliphatic heterocycles. The summed E-state index contributed by atoms with van der Waals surface area (Å²) in [5.74, 6) is -1.14. The van der Waals surface area contributed by atoms with Gasteiger partial charge >= 0.3 is 11.9 Å². The molecule has 1 rings (SSSR count). The summed E-state index contributed by atoms with van der Waals surface area (Å²) in [5.41, 5.74) is 0. The molecule has 6 nitrogen and oxygen atoms in total. The summed E-state index contributed by atoms with van der Waals surface area (Å²) in [6, 6.07) is -0.647. The van der Waals surface area contributed by atoms with Crippen LogP contribution in [0, 0.1) is 0 Å².